The first-order valence-corrected chi connectivity index (χ1v) is 4.95. The molecule has 1 aromatic carbocycles. The average molecular weight is 208 g/mol. The Balaban J connectivity index is 2.75. The number of hydrogen-bond donors (Lipinski definition) is 1. The van der Waals surface area contributed by atoms with E-state index in [0.29, 0.717) is 11.4 Å². The summed E-state index contributed by atoms with van der Waals surface area (Å²) in [6.07, 6.45) is 0. The number of nitrogens with zero attached hydrogens (tertiary/aromatic N) is 1. The van der Waals surface area contributed by atoms with E-state index >= 15 is 0 Å². The van der Waals surface area contributed by atoms with Crippen molar-refractivity contribution in [3.63, 3.8) is 0 Å². The van der Waals surface area contributed by atoms with Crippen LogP contribution in [-0.2, 0) is 7.05 Å². The van der Waals surface area contributed by atoms with Crippen LogP contribution in [0.3, 0.4) is 0 Å². The first kappa shape index (κ1) is 9.27. The second-order valence-electron chi connectivity index (χ2n) is 3.07. The van der Waals surface area contributed by atoms with Crippen molar-refractivity contribution in [3.8, 4) is 5.75 Å². The van der Waals surface area contributed by atoms with Crippen molar-refractivity contribution in [3.05, 3.63) is 23.0 Å². The van der Waals surface area contributed by atoms with Crippen molar-refractivity contribution in [2.75, 3.05) is 6.61 Å². The van der Waals surface area contributed by atoms with Crippen molar-refractivity contribution in [2.24, 2.45) is 7.05 Å². The van der Waals surface area contributed by atoms with Crippen LogP contribution in [0.5, 0.6) is 5.75 Å². The van der Waals surface area contributed by atoms with Gasteiger partial charge in [0.1, 0.15) is 11.3 Å². The summed E-state index contributed by atoms with van der Waals surface area (Å²) < 4.78 is 8.15. The molecule has 0 aliphatic carbocycles. The van der Waals surface area contributed by atoms with E-state index in [1.165, 1.54) is 0 Å². The van der Waals surface area contributed by atoms with Gasteiger partial charge in [0.2, 0.25) is 0 Å². The highest BCUT2D eigenvalue weighted by atomic mass is 32.1. The van der Waals surface area contributed by atoms with E-state index in [1.54, 1.807) is 0 Å². The third-order valence-electron chi connectivity index (χ3n) is 2.20. The van der Waals surface area contributed by atoms with Crippen LogP contribution in [0.25, 0.3) is 11.0 Å². The third kappa shape index (κ3) is 1.32. The topological polar surface area (TPSA) is 29.9 Å². The number of rotatable bonds is 2. The molecule has 0 saturated carbocycles. The highest BCUT2D eigenvalue weighted by Gasteiger charge is 2.05. The van der Waals surface area contributed by atoms with E-state index in [1.807, 2.05) is 36.7 Å². The highest BCUT2D eigenvalue weighted by molar-refractivity contribution is 7.71. The van der Waals surface area contributed by atoms with Crippen LogP contribution in [0.4, 0.5) is 0 Å². The molecular formula is C10H12N2OS. The minimum absolute atomic E-state index is 0.661. The molecule has 0 atom stereocenters. The lowest BCUT2D eigenvalue weighted by Crippen LogP contribution is -1.92. The van der Waals surface area contributed by atoms with E-state index < -0.39 is 0 Å². The number of H-pyrrole nitrogens is 1. The van der Waals surface area contributed by atoms with E-state index in [9.17, 15) is 0 Å². The zero-order chi connectivity index (χ0) is 10.1. The lowest BCUT2D eigenvalue weighted by molar-refractivity contribution is 0.343. The van der Waals surface area contributed by atoms with Gasteiger partial charge >= 0.3 is 0 Å². The average Bonchev–Trinajstić information content (AvgIpc) is 2.46. The Morgan fingerprint density at radius 3 is 3.00 bits per heavy atom. The molecule has 14 heavy (non-hydrogen) atoms. The van der Waals surface area contributed by atoms with Gasteiger partial charge in [0.05, 0.1) is 12.1 Å². The van der Waals surface area contributed by atoms with Gasteiger partial charge in [0, 0.05) is 7.05 Å². The maximum Gasteiger partial charge on any atom is 0.177 e. The molecule has 4 heteroatoms. The predicted molar refractivity (Wildman–Crippen MR) is 59.3 cm³/mol. The number of ether oxygens (including phenoxy) is 1. The van der Waals surface area contributed by atoms with Crippen molar-refractivity contribution >= 4 is 23.3 Å². The zero-order valence-electron chi connectivity index (χ0n) is 8.20. The fourth-order valence-corrected chi connectivity index (χ4v) is 1.70. The van der Waals surface area contributed by atoms with Crippen LogP contribution in [0.2, 0.25) is 0 Å². The van der Waals surface area contributed by atoms with E-state index in [2.05, 4.69) is 4.98 Å². The first-order valence-electron chi connectivity index (χ1n) is 4.54. The third-order valence-corrected chi connectivity index (χ3v) is 2.58. The fraction of sp³-hybridized carbons (Fsp3) is 0.300. The number of aryl methyl sites for hydroxylation is 1. The lowest BCUT2D eigenvalue weighted by Gasteiger charge is -2.03. The second-order valence-corrected chi connectivity index (χ2v) is 3.46. The summed E-state index contributed by atoms with van der Waals surface area (Å²) in [4.78, 5) is 3.13. The van der Waals surface area contributed by atoms with Gasteiger partial charge in [-0.2, -0.15) is 0 Å². The molecule has 0 aliphatic rings. The van der Waals surface area contributed by atoms with E-state index in [-0.39, 0.29) is 0 Å². The van der Waals surface area contributed by atoms with Gasteiger partial charge in [-0.25, -0.2) is 0 Å². The molecule has 2 rings (SSSR count). The van der Waals surface area contributed by atoms with Crippen LogP contribution < -0.4 is 4.74 Å². The van der Waals surface area contributed by atoms with Crippen LogP contribution in [0, 0.1) is 4.77 Å². The zero-order valence-corrected chi connectivity index (χ0v) is 9.02. The Bertz CT molecular complexity index is 512. The number of fused-ring (bicyclic) bond motifs is 1. The quantitative estimate of drug-likeness (QED) is 0.769. The second kappa shape index (κ2) is 3.46. The molecule has 0 spiro atoms. The van der Waals surface area contributed by atoms with Gasteiger partial charge in [-0.3, -0.25) is 0 Å². The van der Waals surface area contributed by atoms with Gasteiger partial charge in [-0.15, -0.1) is 0 Å². The smallest absolute Gasteiger partial charge is 0.177 e. The Morgan fingerprint density at radius 2 is 2.29 bits per heavy atom. The SMILES string of the molecule is CCOc1cccc2c1[nH]c(=S)n2C. The van der Waals surface area contributed by atoms with E-state index in [0.717, 1.165) is 16.8 Å². The van der Waals surface area contributed by atoms with Gasteiger partial charge in [0.25, 0.3) is 0 Å². The molecular weight excluding hydrogens is 196 g/mol. The predicted octanol–water partition coefficient (Wildman–Crippen LogP) is 2.63. The number of hydrogen-bond acceptors (Lipinski definition) is 2. The molecule has 74 valence electrons. The summed E-state index contributed by atoms with van der Waals surface area (Å²) in [6, 6.07) is 5.93. The summed E-state index contributed by atoms with van der Waals surface area (Å²) in [6.45, 7) is 2.63. The molecule has 0 bridgehead atoms. The van der Waals surface area contributed by atoms with Crippen LogP contribution in [0.1, 0.15) is 6.92 Å². The summed E-state index contributed by atoms with van der Waals surface area (Å²) in [7, 11) is 1.94. The Morgan fingerprint density at radius 1 is 1.50 bits per heavy atom. The summed E-state index contributed by atoms with van der Waals surface area (Å²) in [5.74, 6) is 0.858. The molecule has 1 heterocycles. The number of nitrogens with one attached hydrogen (secondary N) is 1. The lowest BCUT2D eigenvalue weighted by atomic mass is 10.3. The number of para-hydroxylation sites is 1. The molecule has 0 radical (unpaired) electrons. The molecule has 0 saturated heterocycles. The van der Waals surface area contributed by atoms with Crippen LogP contribution in [-0.4, -0.2) is 16.2 Å². The van der Waals surface area contributed by atoms with Crippen molar-refractivity contribution < 1.29 is 4.74 Å². The monoisotopic (exact) mass is 208 g/mol. The van der Waals surface area contributed by atoms with Crippen molar-refractivity contribution in [1.82, 2.24) is 9.55 Å². The normalized spacial score (nSPS) is 10.7. The maximum atomic E-state index is 5.50. The molecule has 0 unspecified atom stereocenters. The number of aromatic nitrogens is 2. The Labute approximate surface area is 87.3 Å². The molecule has 0 aliphatic heterocycles. The largest absolute Gasteiger partial charge is 0.492 e. The molecule has 0 fully saturated rings. The summed E-state index contributed by atoms with van der Waals surface area (Å²) in [5.41, 5.74) is 2.04. The number of aromatic amines is 1. The minimum Gasteiger partial charge on any atom is -0.492 e. The molecule has 3 nitrogen and oxygen atoms in total. The first-order chi connectivity index (χ1) is 6.74. The van der Waals surface area contributed by atoms with Gasteiger partial charge < -0.3 is 14.3 Å². The van der Waals surface area contributed by atoms with Gasteiger partial charge in [-0.05, 0) is 31.3 Å². The summed E-state index contributed by atoms with van der Waals surface area (Å²) in [5, 5.41) is 0. The van der Waals surface area contributed by atoms with Gasteiger partial charge in [-0.1, -0.05) is 6.07 Å². The summed E-state index contributed by atoms with van der Waals surface area (Å²) >= 11 is 5.15. The van der Waals surface area contributed by atoms with E-state index in [4.69, 9.17) is 17.0 Å². The molecule has 1 N–H and O–H groups in total. The fourth-order valence-electron chi connectivity index (χ4n) is 1.50. The standard InChI is InChI=1S/C10H12N2OS/c1-3-13-8-6-4-5-7-9(8)11-10(14)12(7)2/h4-6H,3H2,1-2H3,(H,11,14). The van der Waals surface area contributed by atoms with Gasteiger partial charge in [0.15, 0.2) is 4.77 Å². The minimum atomic E-state index is 0.661. The Hall–Kier alpha value is -1.29. The Kier molecular flexibility index (Phi) is 2.29. The maximum absolute atomic E-state index is 5.50. The number of benzene rings is 1. The van der Waals surface area contributed by atoms with Crippen LogP contribution >= 0.6 is 12.2 Å². The number of imidazole rings is 1. The molecule has 2 aromatic rings. The highest BCUT2D eigenvalue weighted by Crippen LogP contribution is 2.23. The van der Waals surface area contributed by atoms with Crippen molar-refractivity contribution in [1.29, 1.82) is 0 Å². The van der Waals surface area contributed by atoms with Crippen LogP contribution in [0.15, 0.2) is 18.2 Å². The molecule has 1 aromatic heterocycles. The molecule has 0 amide bonds. The van der Waals surface area contributed by atoms with Crippen molar-refractivity contribution in [2.45, 2.75) is 6.92 Å².